The van der Waals surface area contributed by atoms with Crippen molar-refractivity contribution in [2.24, 2.45) is 23.0 Å². The maximum absolute atomic E-state index is 11.9. The van der Waals surface area contributed by atoms with E-state index in [1.807, 2.05) is 0 Å². The standard InChI is InChI=1S/C17H36N2O2/c1-6-13(7-2)15(20)12-19-16(21)9-8-14(10-11-18)17(3,4)5/h13-15,20H,6-12,18H2,1-5H3,(H,19,21). The molecule has 0 bridgehead atoms. The first kappa shape index (κ1) is 20.4. The maximum atomic E-state index is 11.9. The number of amides is 1. The first-order chi connectivity index (χ1) is 9.76. The average Bonchev–Trinajstić information content (AvgIpc) is 2.41. The number of carbonyl (C=O) groups is 1. The van der Waals surface area contributed by atoms with Gasteiger partial charge in [-0.15, -0.1) is 0 Å². The molecule has 0 radical (unpaired) electrons. The molecule has 0 heterocycles. The molecule has 21 heavy (non-hydrogen) atoms. The van der Waals surface area contributed by atoms with Crippen LogP contribution in [-0.4, -0.2) is 30.2 Å². The second-order valence-electron chi connectivity index (χ2n) is 7.13. The molecule has 4 N–H and O–H groups in total. The molecule has 0 aliphatic rings. The van der Waals surface area contributed by atoms with Crippen molar-refractivity contribution in [1.29, 1.82) is 0 Å². The van der Waals surface area contributed by atoms with E-state index in [9.17, 15) is 9.90 Å². The van der Waals surface area contributed by atoms with Gasteiger partial charge in [-0.3, -0.25) is 4.79 Å². The Balaban J connectivity index is 4.14. The van der Waals surface area contributed by atoms with E-state index < -0.39 is 6.10 Å². The fourth-order valence-electron chi connectivity index (χ4n) is 2.82. The molecule has 0 aromatic heterocycles. The predicted molar refractivity (Wildman–Crippen MR) is 88.9 cm³/mol. The Morgan fingerprint density at radius 3 is 2.19 bits per heavy atom. The highest BCUT2D eigenvalue weighted by Gasteiger charge is 2.24. The van der Waals surface area contributed by atoms with Crippen LogP contribution in [0.2, 0.25) is 0 Å². The molecule has 1 amide bonds. The van der Waals surface area contributed by atoms with Gasteiger partial charge < -0.3 is 16.2 Å². The number of aliphatic hydroxyl groups excluding tert-OH is 1. The zero-order valence-electron chi connectivity index (χ0n) is 14.6. The van der Waals surface area contributed by atoms with Gasteiger partial charge in [-0.2, -0.15) is 0 Å². The lowest BCUT2D eigenvalue weighted by Crippen LogP contribution is -2.36. The van der Waals surface area contributed by atoms with Gasteiger partial charge in [0.1, 0.15) is 0 Å². The predicted octanol–water partition coefficient (Wildman–Crippen LogP) is 2.69. The minimum absolute atomic E-state index is 0.0336. The van der Waals surface area contributed by atoms with Crippen LogP contribution < -0.4 is 11.1 Å². The summed E-state index contributed by atoms with van der Waals surface area (Å²) in [6.07, 6.45) is 3.76. The van der Waals surface area contributed by atoms with E-state index in [0.717, 1.165) is 25.7 Å². The minimum Gasteiger partial charge on any atom is -0.391 e. The van der Waals surface area contributed by atoms with Gasteiger partial charge >= 0.3 is 0 Å². The van der Waals surface area contributed by atoms with E-state index in [1.165, 1.54) is 0 Å². The Bertz CT molecular complexity index is 283. The van der Waals surface area contributed by atoms with Crippen molar-refractivity contribution in [3.05, 3.63) is 0 Å². The lowest BCUT2D eigenvalue weighted by atomic mass is 9.76. The van der Waals surface area contributed by atoms with Crippen molar-refractivity contribution in [3.63, 3.8) is 0 Å². The highest BCUT2D eigenvalue weighted by Crippen LogP contribution is 2.31. The summed E-state index contributed by atoms with van der Waals surface area (Å²) >= 11 is 0. The van der Waals surface area contributed by atoms with Gasteiger partial charge in [-0.1, -0.05) is 47.5 Å². The van der Waals surface area contributed by atoms with E-state index in [-0.39, 0.29) is 17.2 Å². The van der Waals surface area contributed by atoms with Crippen molar-refractivity contribution < 1.29 is 9.90 Å². The summed E-state index contributed by atoms with van der Waals surface area (Å²) in [7, 11) is 0. The first-order valence-corrected chi connectivity index (χ1v) is 8.41. The monoisotopic (exact) mass is 300 g/mol. The molecule has 0 aromatic rings. The number of hydrogen-bond acceptors (Lipinski definition) is 3. The Morgan fingerprint density at radius 2 is 1.76 bits per heavy atom. The number of hydrogen-bond donors (Lipinski definition) is 3. The third-order valence-electron chi connectivity index (χ3n) is 4.56. The van der Waals surface area contributed by atoms with Crippen LogP contribution in [0.3, 0.4) is 0 Å². The molecule has 0 spiro atoms. The Hall–Kier alpha value is -0.610. The SMILES string of the molecule is CCC(CC)C(O)CNC(=O)CCC(CCN)C(C)(C)C. The lowest BCUT2D eigenvalue weighted by Gasteiger charge is -2.30. The summed E-state index contributed by atoms with van der Waals surface area (Å²) in [5.41, 5.74) is 5.84. The number of rotatable bonds is 10. The molecule has 4 nitrogen and oxygen atoms in total. The van der Waals surface area contributed by atoms with Crippen LogP contribution in [0.15, 0.2) is 0 Å². The van der Waals surface area contributed by atoms with Crippen molar-refractivity contribution >= 4 is 5.91 Å². The van der Waals surface area contributed by atoms with Crippen LogP contribution >= 0.6 is 0 Å². The van der Waals surface area contributed by atoms with Crippen molar-refractivity contribution in [2.45, 2.75) is 72.8 Å². The Labute approximate surface area is 130 Å². The molecule has 126 valence electrons. The second-order valence-corrected chi connectivity index (χ2v) is 7.13. The summed E-state index contributed by atoms with van der Waals surface area (Å²) < 4.78 is 0. The zero-order chi connectivity index (χ0) is 16.5. The minimum atomic E-state index is -0.439. The average molecular weight is 300 g/mol. The molecule has 0 aliphatic heterocycles. The number of carbonyl (C=O) groups excluding carboxylic acids is 1. The van der Waals surface area contributed by atoms with E-state index in [1.54, 1.807) is 0 Å². The quantitative estimate of drug-likeness (QED) is 0.580. The summed E-state index contributed by atoms with van der Waals surface area (Å²) in [5.74, 6) is 0.758. The van der Waals surface area contributed by atoms with E-state index >= 15 is 0 Å². The summed E-state index contributed by atoms with van der Waals surface area (Å²) in [6, 6.07) is 0. The van der Waals surface area contributed by atoms with Crippen LogP contribution in [0.1, 0.15) is 66.7 Å². The third-order valence-corrected chi connectivity index (χ3v) is 4.56. The third kappa shape index (κ3) is 8.42. The molecular weight excluding hydrogens is 264 g/mol. The molecule has 2 unspecified atom stereocenters. The lowest BCUT2D eigenvalue weighted by molar-refractivity contribution is -0.122. The van der Waals surface area contributed by atoms with Crippen LogP contribution in [0.4, 0.5) is 0 Å². The van der Waals surface area contributed by atoms with Crippen molar-refractivity contribution in [3.8, 4) is 0 Å². The van der Waals surface area contributed by atoms with Gasteiger partial charge in [0.2, 0.25) is 5.91 Å². The molecule has 0 rings (SSSR count). The second kappa shape index (κ2) is 10.2. The molecule has 4 heteroatoms. The molecule has 0 aliphatic carbocycles. The van der Waals surface area contributed by atoms with Gasteiger partial charge in [0.25, 0.3) is 0 Å². The smallest absolute Gasteiger partial charge is 0.220 e. The molecule has 0 aromatic carbocycles. The van der Waals surface area contributed by atoms with Crippen LogP contribution in [0.25, 0.3) is 0 Å². The summed E-state index contributed by atoms with van der Waals surface area (Å²) in [4.78, 5) is 11.9. The molecule has 0 saturated heterocycles. The fourth-order valence-corrected chi connectivity index (χ4v) is 2.82. The first-order valence-electron chi connectivity index (χ1n) is 8.41. The van der Waals surface area contributed by atoms with E-state index in [0.29, 0.717) is 25.4 Å². The summed E-state index contributed by atoms with van der Waals surface area (Å²) in [6.45, 7) is 11.8. The zero-order valence-corrected chi connectivity index (χ0v) is 14.6. The van der Waals surface area contributed by atoms with E-state index in [2.05, 4.69) is 39.9 Å². The highest BCUT2D eigenvalue weighted by molar-refractivity contribution is 5.75. The fraction of sp³-hybridized carbons (Fsp3) is 0.941. The highest BCUT2D eigenvalue weighted by atomic mass is 16.3. The van der Waals surface area contributed by atoms with Gasteiger partial charge in [0.05, 0.1) is 6.10 Å². The van der Waals surface area contributed by atoms with Gasteiger partial charge in [0.15, 0.2) is 0 Å². The Kier molecular flexibility index (Phi) is 9.88. The topological polar surface area (TPSA) is 75.3 Å². The van der Waals surface area contributed by atoms with E-state index in [4.69, 9.17) is 5.73 Å². The van der Waals surface area contributed by atoms with Crippen LogP contribution in [0, 0.1) is 17.3 Å². The van der Waals surface area contributed by atoms with Crippen molar-refractivity contribution in [1.82, 2.24) is 5.32 Å². The van der Waals surface area contributed by atoms with Crippen LogP contribution in [0.5, 0.6) is 0 Å². The molecular formula is C17H36N2O2. The Morgan fingerprint density at radius 1 is 1.19 bits per heavy atom. The molecule has 0 saturated carbocycles. The number of nitrogens with two attached hydrogens (primary N) is 1. The largest absolute Gasteiger partial charge is 0.391 e. The van der Waals surface area contributed by atoms with Gasteiger partial charge in [-0.05, 0) is 36.6 Å². The van der Waals surface area contributed by atoms with Crippen molar-refractivity contribution in [2.75, 3.05) is 13.1 Å². The summed E-state index contributed by atoms with van der Waals surface area (Å²) in [5, 5.41) is 12.9. The van der Waals surface area contributed by atoms with Gasteiger partial charge in [-0.25, -0.2) is 0 Å². The number of nitrogens with one attached hydrogen (secondary N) is 1. The normalized spacial score (nSPS) is 15.0. The number of aliphatic hydroxyl groups is 1. The van der Waals surface area contributed by atoms with Crippen LogP contribution in [-0.2, 0) is 4.79 Å². The molecule has 0 fully saturated rings. The maximum Gasteiger partial charge on any atom is 0.220 e. The van der Waals surface area contributed by atoms with Gasteiger partial charge in [0, 0.05) is 13.0 Å². The molecule has 2 atom stereocenters.